The lowest BCUT2D eigenvalue weighted by atomic mass is 10.0. The van der Waals surface area contributed by atoms with Gasteiger partial charge in [0.2, 0.25) is 0 Å². The van der Waals surface area contributed by atoms with Crippen molar-refractivity contribution in [2.45, 2.75) is 39.3 Å². The van der Waals surface area contributed by atoms with E-state index in [1.807, 2.05) is 49.4 Å². The Morgan fingerprint density at radius 3 is 2.45 bits per heavy atom. The van der Waals surface area contributed by atoms with Gasteiger partial charge in [0.15, 0.2) is 10.9 Å². The monoisotopic (exact) mass is 524 g/mol. The Bertz CT molecular complexity index is 1510. The molecule has 1 aromatic heterocycles. The molecule has 2 amide bonds. The van der Waals surface area contributed by atoms with Gasteiger partial charge in [-0.15, -0.1) is 0 Å². The van der Waals surface area contributed by atoms with Gasteiger partial charge in [0, 0.05) is 35.0 Å². The first-order chi connectivity index (χ1) is 18.4. The van der Waals surface area contributed by atoms with Gasteiger partial charge in [-0.3, -0.25) is 14.4 Å². The summed E-state index contributed by atoms with van der Waals surface area (Å²) < 4.78 is 0. The van der Waals surface area contributed by atoms with Gasteiger partial charge < -0.3 is 16.0 Å². The van der Waals surface area contributed by atoms with Gasteiger partial charge in [-0.1, -0.05) is 65.9 Å². The molecule has 0 radical (unpaired) electrons. The van der Waals surface area contributed by atoms with Gasteiger partial charge in [0.25, 0.3) is 11.8 Å². The lowest BCUT2D eigenvalue weighted by molar-refractivity contribution is 0.0944. The lowest BCUT2D eigenvalue weighted by Crippen LogP contribution is -2.25. The predicted molar refractivity (Wildman–Crippen MR) is 150 cm³/mol. The minimum Gasteiger partial charge on any atom is -0.349 e. The first-order valence-corrected chi connectivity index (χ1v) is 13.3. The fraction of sp³-hybridized carbons (Fsp3) is 0.200. The van der Waals surface area contributed by atoms with Crippen molar-refractivity contribution in [3.8, 4) is 11.3 Å². The summed E-state index contributed by atoms with van der Waals surface area (Å²) in [6, 6.07) is 22.6. The molecular weight excluding hydrogens is 496 g/mol. The Morgan fingerprint density at radius 1 is 0.921 bits per heavy atom. The molecule has 0 aliphatic heterocycles. The van der Waals surface area contributed by atoms with Crippen LogP contribution in [0, 0.1) is 6.92 Å². The molecule has 0 spiro atoms. The van der Waals surface area contributed by atoms with E-state index in [9.17, 15) is 14.4 Å². The van der Waals surface area contributed by atoms with Crippen LogP contribution in [-0.2, 0) is 6.54 Å². The number of carbonyl (C=O) groups excluding carboxylic acids is 3. The highest BCUT2D eigenvalue weighted by molar-refractivity contribution is 7.18. The molecule has 0 atom stereocenters. The molecule has 8 heteroatoms. The van der Waals surface area contributed by atoms with Crippen LogP contribution in [0.2, 0.25) is 0 Å². The van der Waals surface area contributed by atoms with E-state index < -0.39 is 0 Å². The maximum atomic E-state index is 13.3. The standard InChI is InChI=1S/C30H28N4O3S/c1-18-11-12-23(28(36)32-24-13-14-24)16-25(18)33-30-34-26(22-10-6-9-21(15-22)19(2)35)27(38-30)29(37)31-17-20-7-4-3-5-8-20/h3-12,15-16,24H,13-14,17H2,1-2H3,(H,31,37)(H,32,36)(H,33,34). The van der Waals surface area contributed by atoms with Gasteiger partial charge in [0.05, 0.1) is 5.69 Å². The molecule has 1 aliphatic carbocycles. The fourth-order valence-corrected chi connectivity index (χ4v) is 4.89. The van der Waals surface area contributed by atoms with Crippen LogP contribution in [0.1, 0.15) is 61.3 Å². The number of hydrogen-bond acceptors (Lipinski definition) is 6. The Hall–Kier alpha value is -4.30. The highest BCUT2D eigenvalue weighted by Gasteiger charge is 2.24. The van der Waals surface area contributed by atoms with E-state index in [0.717, 1.165) is 29.7 Å². The third-order valence-corrected chi connectivity index (χ3v) is 7.30. The van der Waals surface area contributed by atoms with Gasteiger partial charge in [0.1, 0.15) is 4.88 Å². The van der Waals surface area contributed by atoms with Crippen molar-refractivity contribution in [3.63, 3.8) is 0 Å². The van der Waals surface area contributed by atoms with E-state index in [4.69, 9.17) is 4.98 Å². The van der Waals surface area contributed by atoms with Crippen molar-refractivity contribution in [1.82, 2.24) is 15.6 Å². The van der Waals surface area contributed by atoms with Crippen molar-refractivity contribution >= 4 is 39.8 Å². The Kier molecular flexibility index (Phi) is 7.33. The van der Waals surface area contributed by atoms with Crippen molar-refractivity contribution in [2.75, 3.05) is 5.32 Å². The number of benzene rings is 3. The summed E-state index contributed by atoms with van der Waals surface area (Å²) in [5.41, 5.74) is 4.96. The molecule has 0 unspecified atom stereocenters. The average Bonchev–Trinajstić information content (AvgIpc) is 3.64. The zero-order valence-corrected chi connectivity index (χ0v) is 22.0. The van der Waals surface area contributed by atoms with E-state index in [1.165, 1.54) is 18.3 Å². The van der Waals surface area contributed by atoms with Crippen molar-refractivity contribution in [2.24, 2.45) is 0 Å². The van der Waals surface area contributed by atoms with Crippen LogP contribution in [0.3, 0.4) is 0 Å². The molecule has 3 aromatic carbocycles. The van der Waals surface area contributed by atoms with E-state index in [1.54, 1.807) is 30.3 Å². The molecule has 192 valence electrons. The normalized spacial score (nSPS) is 12.6. The second kappa shape index (κ2) is 11.0. The van der Waals surface area contributed by atoms with E-state index in [0.29, 0.717) is 38.9 Å². The molecule has 0 bridgehead atoms. The second-order valence-electron chi connectivity index (χ2n) is 9.40. The minimum absolute atomic E-state index is 0.0626. The number of hydrogen-bond donors (Lipinski definition) is 3. The number of amides is 2. The van der Waals surface area contributed by atoms with Gasteiger partial charge in [-0.25, -0.2) is 4.98 Å². The number of nitrogens with one attached hydrogen (secondary N) is 3. The van der Waals surface area contributed by atoms with Crippen molar-refractivity contribution in [3.05, 3.63) is 99.9 Å². The molecule has 38 heavy (non-hydrogen) atoms. The summed E-state index contributed by atoms with van der Waals surface area (Å²) in [6.45, 7) is 3.84. The van der Waals surface area contributed by atoms with Crippen molar-refractivity contribution in [1.29, 1.82) is 0 Å². The molecule has 1 heterocycles. The predicted octanol–water partition coefficient (Wildman–Crippen LogP) is 5.89. The van der Waals surface area contributed by atoms with E-state index in [2.05, 4.69) is 16.0 Å². The maximum absolute atomic E-state index is 13.3. The van der Waals surface area contributed by atoms with Crippen molar-refractivity contribution < 1.29 is 14.4 Å². The number of Topliss-reactive ketones (excluding diaryl/α,β-unsaturated/α-hetero) is 1. The molecule has 4 aromatic rings. The number of aryl methyl sites for hydroxylation is 1. The Morgan fingerprint density at radius 2 is 1.71 bits per heavy atom. The van der Waals surface area contributed by atoms with Crippen LogP contribution in [0.4, 0.5) is 10.8 Å². The number of thiazole rings is 1. The topological polar surface area (TPSA) is 100 Å². The summed E-state index contributed by atoms with van der Waals surface area (Å²) in [5, 5.41) is 9.82. The van der Waals surface area contributed by atoms with Crippen LogP contribution >= 0.6 is 11.3 Å². The largest absolute Gasteiger partial charge is 0.349 e. The first-order valence-electron chi connectivity index (χ1n) is 12.5. The second-order valence-corrected chi connectivity index (χ2v) is 10.4. The average molecular weight is 525 g/mol. The molecule has 1 fully saturated rings. The number of aromatic nitrogens is 1. The molecule has 7 nitrogen and oxygen atoms in total. The highest BCUT2D eigenvalue weighted by Crippen LogP contribution is 2.34. The van der Waals surface area contributed by atoms with E-state index >= 15 is 0 Å². The molecule has 1 saturated carbocycles. The van der Waals surface area contributed by atoms with E-state index in [-0.39, 0.29) is 23.6 Å². The smallest absolute Gasteiger partial charge is 0.264 e. The number of ketones is 1. The van der Waals surface area contributed by atoms with Crippen LogP contribution in [-0.4, -0.2) is 28.6 Å². The maximum Gasteiger partial charge on any atom is 0.264 e. The molecule has 3 N–H and O–H groups in total. The van der Waals surface area contributed by atoms with Gasteiger partial charge in [-0.2, -0.15) is 0 Å². The quantitative estimate of drug-likeness (QED) is 0.237. The van der Waals surface area contributed by atoms with Crippen LogP contribution < -0.4 is 16.0 Å². The zero-order valence-electron chi connectivity index (χ0n) is 21.2. The van der Waals surface area contributed by atoms with Crippen LogP contribution in [0.5, 0.6) is 0 Å². The van der Waals surface area contributed by atoms with Gasteiger partial charge in [-0.05, 0) is 56.0 Å². The minimum atomic E-state index is -0.253. The number of anilines is 2. The third kappa shape index (κ3) is 5.98. The summed E-state index contributed by atoms with van der Waals surface area (Å²) >= 11 is 1.23. The molecular formula is C30H28N4O3S. The summed E-state index contributed by atoms with van der Waals surface area (Å²) in [7, 11) is 0. The zero-order chi connectivity index (χ0) is 26.6. The summed E-state index contributed by atoms with van der Waals surface area (Å²) in [5.74, 6) is -0.415. The highest BCUT2D eigenvalue weighted by atomic mass is 32.1. The molecule has 1 aliphatic rings. The third-order valence-electron chi connectivity index (χ3n) is 6.33. The number of carbonyl (C=O) groups is 3. The molecule has 5 rings (SSSR count). The fourth-order valence-electron chi connectivity index (χ4n) is 3.98. The summed E-state index contributed by atoms with van der Waals surface area (Å²) in [6.07, 6.45) is 2.04. The summed E-state index contributed by atoms with van der Waals surface area (Å²) in [4.78, 5) is 43.1. The Labute approximate surface area is 225 Å². The van der Waals surface area contributed by atoms with Gasteiger partial charge >= 0.3 is 0 Å². The number of nitrogens with zero attached hydrogens (tertiary/aromatic N) is 1. The SMILES string of the molecule is CC(=O)c1cccc(-c2nc(Nc3cc(C(=O)NC4CC4)ccc3C)sc2C(=O)NCc2ccccc2)c1. The van der Waals surface area contributed by atoms with Crippen LogP contribution in [0.15, 0.2) is 72.8 Å². The first kappa shape index (κ1) is 25.4. The number of rotatable bonds is 9. The van der Waals surface area contributed by atoms with Crippen LogP contribution in [0.25, 0.3) is 11.3 Å². The molecule has 0 saturated heterocycles. The lowest BCUT2D eigenvalue weighted by Gasteiger charge is -2.10. The Balaban J connectivity index is 1.46.